The van der Waals surface area contributed by atoms with Crippen molar-refractivity contribution < 1.29 is 0 Å². The van der Waals surface area contributed by atoms with E-state index in [1.54, 1.807) is 0 Å². The van der Waals surface area contributed by atoms with Crippen LogP contribution in [0.4, 0.5) is 0 Å². The number of rotatable bonds is 4. The molecule has 0 radical (unpaired) electrons. The predicted octanol–water partition coefficient (Wildman–Crippen LogP) is 13.8. The van der Waals surface area contributed by atoms with Crippen molar-refractivity contribution in [2.24, 2.45) is 0 Å². The minimum atomic E-state index is 0.636. The van der Waals surface area contributed by atoms with E-state index in [1.165, 1.54) is 58.0 Å². The Bertz CT molecular complexity index is 3470. The SMILES string of the molecule is c1ccc(-c2nc(-c3ccccc3)nc(-c3cc(-n4c5ccccc5c5ccc6sc7ccccc7c6c54)cc4c5ccccc5c5ccccc5c34)n2)cc1. The van der Waals surface area contributed by atoms with Gasteiger partial charge < -0.3 is 4.57 Å². The molecule has 0 bridgehead atoms. The van der Waals surface area contributed by atoms with Crippen molar-refractivity contribution in [1.29, 1.82) is 0 Å². The summed E-state index contributed by atoms with van der Waals surface area (Å²) in [5.74, 6) is 1.92. The van der Waals surface area contributed by atoms with Gasteiger partial charge in [-0.25, -0.2) is 15.0 Å². The number of para-hydroxylation sites is 1. The Morgan fingerprint density at radius 1 is 0.357 bits per heavy atom. The lowest BCUT2D eigenvalue weighted by Crippen LogP contribution is -2.02. The second-order valence-electron chi connectivity index (χ2n) is 14.3. The highest BCUT2D eigenvalue weighted by molar-refractivity contribution is 7.26. The van der Waals surface area contributed by atoms with Crippen molar-refractivity contribution >= 4 is 85.6 Å². The summed E-state index contributed by atoms with van der Waals surface area (Å²) in [7, 11) is 0. The van der Waals surface area contributed by atoms with Gasteiger partial charge in [0.25, 0.3) is 0 Å². The molecular formula is C51H30N4S. The molecule has 0 amide bonds. The molecular weight excluding hydrogens is 701 g/mol. The number of thiophene rings is 1. The number of hydrogen-bond acceptors (Lipinski definition) is 4. The largest absolute Gasteiger partial charge is 0.309 e. The van der Waals surface area contributed by atoms with Crippen molar-refractivity contribution in [2.45, 2.75) is 0 Å². The van der Waals surface area contributed by atoms with Gasteiger partial charge in [0, 0.05) is 58.7 Å². The molecule has 12 rings (SSSR count). The van der Waals surface area contributed by atoms with E-state index in [1.807, 2.05) is 47.7 Å². The first-order chi connectivity index (χ1) is 27.8. The van der Waals surface area contributed by atoms with E-state index in [2.05, 4.69) is 150 Å². The quantitative estimate of drug-likeness (QED) is 0.169. The second kappa shape index (κ2) is 12.2. The average molecular weight is 731 g/mol. The summed E-state index contributed by atoms with van der Waals surface area (Å²) in [5.41, 5.74) is 6.28. The molecule has 4 nitrogen and oxygen atoms in total. The van der Waals surface area contributed by atoms with E-state index in [0.29, 0.717) is 17.5 Å². The van der Waals surface area contributed by atoms with E-state index in [-0.39, 0.29) is 0 Å². The maximum Gasteiger partial charge on any atom is 0.164 e. The molecule has 260 valence electrons. The number of aromatic nitrogens is 4. The van der Waals surface area contributed by atoms with Gasteiger partial charge in [0.15, 0.2) is 17.5 Å². The van der Waals surface area contributed by atoms with Crippen LogP contribution in [0.5, 0.6) is 0 Å². The van der Waals surface area contributed by atoms with Crippen molar-refractivity contribution in [2.75, 3.05) is 0 Å². The van der Waals surface area contributed by atoms with E-state index in [9.17, 15) is 0 Å². The Morgan fingerprint density at radius 3 is 1.59 bits per heavy atom. The third-order valence-corrected chi connectivity index (χ3v) is 12.3. The Labute approximate surface area is 325 Å². The summed E-state index contributed by atoms with van der Waals surface area (Å²) in [6.45, 7) is 0. The van der Waals surface area contributed by atoms with Gasteiger partial charge in [0.1, 0.15) is 0 Å². The van der Waals surface area contributed by atoms with Gasteiger partial charge in [0.05, 0.1) is 11.0 Å². The highest BCUT2D eigenvalue weighted by Gasteiger charge is 2.23. The molecule has 0 saturated heterocycles. The zero-order valence-electron chi connectivity index (χ0n) is 30.0. The molecule has 0 aliphatic rings. The molecule has 0 aliphatic heterocycles. The standard InChI is InChI=1S/C51H30N4S/c1-3-15-31(16-4-1)49-52-50(32-17-5-2-6-18-32)54-51(53-49)42-30-33(29-41-36-21-8-7-19-34(36)35-20-9-10-23-38(35)46(41)42)55-43-25-13-11-22-37(43)39-27-28-45-47(48(39)55)40-24-12-14-26-44(40)56-45/h1-30H. The summed E-state index contributed by atoms with van der Waals surface area (Å²) in [6, 6.07) is 64.9. The fourth-order valence-electron chi connectivity index (χ4n) is 8.79. The molecule has 56 heavy (non-hydrogen) atoms. The van der Waals surface area contributed by atoms with Crippen LogP contribution in [0, 0.1) is 0 Å². The van der Waals surface area contributed by atoms with Crippen LogP contribution >= 0.6 is 11.3 Å². The molecule has 0 saturated carbocycles. The molecule has 3 aromatic heterocycles. The van der Waals surface area contributed by atoms with Crippen LogP contribution in [-0.2, 0) is 0 Å². The zero-order chi connectivity index (χ0) is 36.7. The predicted molar refractivity (Wildman–Crippen MR) is 236 cm³/mol. The van der Waals surface area contributed by atoms with Crippen molar-refractivity contribution in [3.8, 4) is 39.9 Å². The van der Waals surface area contributed by atoms with E-state index < -0.39 is 0 Å². The minimum Gasteiger partial charge on any atom is -0.309 e. The molecule has 0 N–H and O–H groups in total. The van der Waals surface area contributed by atoms with Crippen molar-refractivity contribution in [1.82, 2.24) is 19.5 Å². The van der Waals surface area contributed by atoms with Gasteiger partial charge in [-0.2, -0.15) is 0 Å². The number of benzene rings is 9. The molecule has 0 unspecified atom stereocenters. The number of hydrogen-bond donors (Lipinski definition) is 0. The monoisotopic (exact) mass is 730 g/mol. The summed E-state index contributed by atoms with van der Waals surface area (Å²) >= 11 is 1.85. The Kier molecular flexibility index (Phi) is 6.76. The van der Waals surface area contributed by atoms with Gasteiger partial charge in [0.2, 0.25) is 0 Å². The van der Waals surface area contributed by atoms with Gasteiger partial charge in [-0.05, 0) is 57.3 Å². The van der Waals surface area contributed by atoms with Gasteiger partial charge >= 0.3 is 0 Å². The fraction of sp³-hybridized carbons (Fsp3) is 0. The van der Waals surface area contributed by atoms with Gasteiger partial charge in [-0.15, -0.1) is 11.3 Å². The highest BCUT2D eigenvalue weighted by atomic mass is 32.1. The summed E-state index contributed by atoms with van der Waals surface area (Å²) in [5, 5.41) is 12.1. The normalized spacial score (nSPS) is 11.9. The third-order valence-electron chi connectivity index (χ3n) is 11.2. The van der Waals surface area contributed by atoms with Crippen molar-refractivity contribution in [3.05, 3.63) is 182 Å². The first-order valence-electron chi connectivity index (χ1n) is 18.9. The molecule has 3 heterocycles. The number of nitrogens with zero attached hydrogens (tertiary/aromatic N) is 4. The maximum atomic E-state index is 5.34. The fourth-order valence-corrected chi connectivity index (χ4v) is 9.89. The van der Waals surface area contributed by atoms with Crippen LogP contribution in [0.2, 0.25) is 0 Å². The summed E-state index contributed by atoms with van der Waals surface area (Å²) in [6.07, 6.45) is 0. The number of fused-ring (bicyclic) bond motifs is 13. The first kappa shape index (κ1) is 31.2. The summed E-state index contributed by atoms with van der Waals surface area (Å²) < 4.78 is 5.05. The van der Waals surface area contributed by atoms with Gasteiger partial charge in [-0.1, -0.05) is 152 Å². The van der Waals surface area contributed by atoms with Crippen LogP contribution in [-0.4, -0.2) is 19.5 Å². The van der Waals surface area contributed by atoms with Crippen LogP contribution in [0.25, 0.3) is 114 Å². The lowest BCUT2D eigenvalue weighted by molar-refractivity contribution is 1.07. The molecule has 9 aromatic carbocycles. The van der Waals surface area contributed by atoms with Crippen LogP contribution < -0.4 is 0 Å². The highest BCUT2D eigenvalue weighted by Crippen LogP contribution is 2.46. The molecule has 12 aromatic rings. The smallest absolute Gasteiger partial charge is 0.164 e. The Morgan fingerprint density at radius 2 is 0.893 bits per heavy atom. The van der Waals surface area contributed by atoms with E-state index in [0.717, 1.165) is 38.7 Å². The Balaban J connectivity index is 1.28. The lowest BCUT2D eigenvalue weighted by atomic mass is 9.91. The maximum absolute atomic E-state index is 5.34. The Hall–Kier alpha value is -7.21. The van der Waals surface area contributed by atoms with Crippen LogP contribution in [0.1, 0.15) is 0 Å². The summed E-state index contributed by atoms with van der Waals surface area (Å²) in [4.78, 5) is 15.7. The van der Waals surface area contributed by atoms with Crippen LogP contribution in [0.15, 0.2) is 182 Å². The topological polar surface area (TPSA) is 43.6 Å². The molecule has 0 atom stereocenters. The third kappa shape index (κ3) is 4.62. The van der Waals surface area contributed by atoms with E-state index >= 15 is 0 Å². The average Bonchev–Trinajstić information content (AvgIpc) is 3.82. The van der Waals surface area contributed by atoms with E-state index in [4.69, 9.17) is 15.0 Å². The molecule has 5 heteroatoms. The second-order valence-corrected chi connectivity index (χ2v) is 15.4. The lowest BCUT2D eigenvalue weighted by Gasteiger charge is -2.18. The molecule has 0 spiro atoms. The molecule has 0 fully saturated rings. The first-order valence-corrected chi connectivity index (χ1v) is 19.7. The zero-order valence-corrected chi connectivity index (χ0v) is 30.8. The van der Waals surface area contributed by atoms with Crippen molar-refractivity contribution in [3.63, 3.8) is 0 Å². The minimum absolute atomic E-state index is 0.636. The van der Waals surface area contributed by atoms with Gasteiger partial charge in [-0.3, -0.25) is 0 Å². The molecule has 0 aliphatic carbocycles. The van der Waals surface area contributed by atoms with Crippen LogP contribution in [0.3, 0.4) is 0 Å².